The molecule has 0 aliphatic carbocycles. The second-order valence-electron chi connectivity index (χ2n) is 7.12. The summed E-state index contributed by atoms with van der Waals surface area (Å²) in [6.45, 7) is 1.40. The molecule has 0 bridgehead atoms. The largest absolute Gasteiger partial charge is 0.417 e. The Hall–Kier alpha value is -3.17. The van der Waals surface area contributed by atoms with E-state index in [0.29, 0.717) is 22.5 Å². The second kappa shape index (κ2) is 8.40. The normalized spacial score (nSPS) is 11.7. The van der Waals surface area contributed by atoms with Gasteiger partial charge in [-0.25, -0.2) is 4.98 Å². The molecule has 1 N–H and O–H groups in total. The van der Waals surface area contributed by atoms with Gasteiger partial charge in [-0.2, -0.15) is 13.2 Å². The lowest BCUT2D eigenvalue weighted by Crippen LogP contribution is -2.29. The van der Waals surface area contributed by atoms with Gasteiger partial charge in [-0.05, 0) is 55.0 Å². The van der Waals surface area contributed by atoms with Gasteiger partial charge in [-0.1, -0.05) is 17.7 Å². The van der Waals surface area contributed by atoms with Crippen molar-refractivity contribution in [1.82, 2.24) is 9.55 Å². The fourth-order valence-corrected chi connectivity index (χ4v) is 4.37. The van der Waals surface area contributed by atoms with E-state index in [1.165, 1.54) is 0 Å². The van der Waals surface area contributed by atoms with Crippen LogP contribution in [0.5, 0.6) is 0 Å². The van der Waals surface area contributed by atoms with E-state index in [4.69, 9.17) is 11.6 Å². The number of fused-ring (bicyclic) bond motifs is 1. The van der Waals surface area contributed by atoms with Gasteiger partial charge in [0.1, 0.15) is 16.6 Å². The zero-order valence-corrected chi connectivity index (χ0v) is 18.1. The van der Waals surface area contributed by atoms with Crippen LogP contribution in [-0.2, 0) is 17.5 Å². The monoisotopic (exact) mass is 477 g/mol. The summed E-state index contributed by atoms with van der Waals surface area (Å²) in [5.74, 6) is -0.661. The van der Waals surface area contributed by atoms with Crippen molar-refractivity contribution in [2.24, 2.45) is 0 Å². The van der Waals surface area contributed by atoms with E-state index in [0.717, 1.165) is 26.4 Å². The number of rotatable bonds is 4. The van der Waals surface area contributed by atoms with Crippen LogP contribution in [-0.4, -0.2) is 15.5 Å². The number of thiazole rings is 1. The average Bonchev–Trinajstić information content (AvgIpc) is 3.14. The summed E-state index contributed by atoms with van der Waals surface area (Å²) in [6, 6.07) is 13.4. The Kier molecular flexibility index (Phi) is 5.79. The number of halogens is 4. The third-order valence-electron chi connectivity index (χ3n) is 4.64. The summed E-state index contributed by atoms with van der Waals surface area (Å²) in [6.07, 6.45) is -4.11. The zero-order chi connectivity index (χ0) is 23.0. The number of nitrogens with zero attached hydrogens (tertiary/aromatic N) is 2. The first-order valence-corrected chi connectivity index (χ1v) is 10.5. The average molecular weight is 478 g/mol. The van der Waals surface area contributed by atoms with Crippen molar-refractivity contribution in [2.45, 2.75) is 19.6 Å². The van der Waals surface area contributed by atoms with Gasteiger partial charge in [-0.15, -0.1) is 11.3 Å². The molecule has 2 aromatic heterocycles. The molecule has 0 saturated heterocycles. The summed E-state index contributed by atoms with van der Waals surface area (Å²) < 4.78 is 40.6. The van der Waals surface area contributed by atoms with Crippen LogP contribution in [0.15, 0.2) is 59.5 Å². The number of aromatic nitrogens is 2. The first kappa shape index (κ1) is 22.0. The highest BCUT2D eigenvalue weighted by Crippen LogP contribution is 2.31. The number of hydrogen-bond donors (Lipinski definition) is 1. The summed E-state index contributed by atoms with van der Waals surface area (Å²) in [5, 5.41) is 2.79. The van der Waals surface area contributed by atoms with Crippen molar-refractivity contribution in [3.8, 4) is 10.6 Å². The quantitative estimate of drug-likeness (QED) is 0.407. The predicted octanol–water partition coefficient (Wildman–Crippen LogP) is 5.74. The number of hydrogen-bond acceptors (Lipinski definition) is 4. The number of carbonyl (C=O) groups is 1. The number of benzene rings is 2. The molecule has 5 nitrogen and oxygen atoms in total. The van der Waals surface area contributed by atoms with Gasteiger partial charge < -0.3 is 9.88 Å². The second-order valence-corrected chi connectivity index (χ2v) is 8.56. The van der Waals surface area contributed by atoms with Gasteiger partial charge in [-0.3, -0.25) is 9.59 Å². The van der Waals surface area contributed by atoms with E-state index < -0.39 is 34.8 Å². The maximum atomic E-state index is 13.0. The lowest BCUT2D eigenvalue weighted by Gasteiger charge is -2.12. The van der Waals surface area contributed by atoms with Crippen LogP contribution >= 0.6 is 22.9 Å². The molecule has 0 aliphatic rings. The van der Waals surface area contributed by atoms with E-state index >= 15 is 0 Å². The molecule has 0 fully saturated rings. The third kappa shape index (κ3) is 4.68. The molecule has 1 amide bonds. The first-order chi connectivity index (χ1) is 15.1. The summed E-state index contributed by atoms with van der Waals surface area (Å²) in [7, 11) is 0. The van der Waals surface area contributed by atoms with E-state index in [1.54, 1.807) is 35.6 Å². The van der Waals surface area contributed by atoms with Crippen molar-refractivity contribution in [2.75, 3.05) is 5.32 Å². The lowest BCUT2D eigenvalue weighted by molar-refractivity contribution is -0.138. The van der Waals surface area contributed by atoms with Crippen LogP contribution in [0.4, 0.5) is 18.9 Å². The molecular formula is C22H15ClF3N3O2S. The number of aryl methyl sites for hydroxylation is 1. The molecule has 0 spiro atoms. The van der Waals surface area contributed by atoms with Crippen LogP contribution in [0.2, 0.25) is 5.02 Å². The Morgan fingerprint density at radius 1 is 1.16 bits per heavy atom. The summed E-state index contributed by atoms with van der Waals surface area (Å²) in [5.41, 5.74) is 1.36. The Labute approximate surface area is 189 Å². The van der Waals surface area contributed by atoms with Crippen molar-refractivity contribution in [3.63, 3.8) is 0 Å². The van der Waals surface area contributed by atoms with Crippen LogP contribution in [0.3, 0.4) is 0 Å². The van der Waals surface area contributed by atoms with Crippen LogP contribution in [0, 0.1) is 6.92 Å². The number of pyridine rings is 1. The minimum absolute atomic E-state index is 0.432. The SMILES string of the molecule is Cc1ccc2nc(-c3ccc(NC(=O)Cn4cc(C(F)(F)F)cc(Cl)c4=O)cc3)sc2c1. The molecule has 0 radical (unpaired) electrons. The molecule has 0 saturated carbocycles. The maximum absolute atomic E-state index is 13.0. The van der Waals surface area contributed by atoms with Gasteiger partial charge in [0.25, 0.3) is 5.56 Å². The third-order valence-corrected chi connectivity index (χ3v) is 5.98. The smallest absolute Gasteiger partial charge is 0.325 e. The van der Waals surface area contributed by atoms with Gasteiger partial charge in [0, 0.05) is 17.4 Å². The lowest BCUT2D eigenvalue weighted by atomic mass is 10.2. The molecule has 32 heavy (non-hydrogen) atoms. The summed E-state index contributed by atoms with van der Waals surface area (Å²) >= 11 is 7.16. The fourth-order valence-electron chi connectivity index (χ4n) is 3.08. The molecule has 2 aromatic carbocycles. The van der Waals surface area contributed by atoms with Gasteiger partial charge >= 0.3 is 6.18 Å². The topological polar surface area (TPSA) is 64.0 Å². The molecule has 10 heteroatoms. The Morgan fingerprint density at radius 2 is 1.88 bits per heavy atom. The van der Waals surface area contributed by atoms with E-state index in [9.17, 15) is 22.8 Å². The Bertz CT molecular complexity index is 1380. The van der Waals surface area contributed by atoms with Crippen molar-refractivity contribution < 1.29 is 18.0 Å². The number of amides is 1. The van der Waals surface area contributed by atoms with E-state index in [1.807, 2.05) is 19.1 Å². The molecule has 2 heterocycles. The van der Waals surface area contributed by atoms with Crippen LogP contribution in [0.1, 0.15) is 11.1 Å². The molecule has 4 aromatic rings. The molecule has 4 rings (SSSR count). The number of carbonyl (C=O) groups excluding carboxylic acids is 1. The Balaban J connectivity index is 1.49. The fraction of sp³-hybridized carbons (Fsp3) is 0.136. The van der Waals surface area contributed by atoms with Crippen LogP contribution in [0.25, 0.3) is 20.8 Å². The highest BCUT2D eigenvalue weighted by molar-refractivity contribution is 7.21. The van der Waals surface area contributed by atoms with Crippen molar-refractivity contribution in [1.29, 1.82) is 0 Å². The Morgan fingerprint density at radius 3 is 2.56 bits per heavy atom. The molecule has 0 aliphatic heterocycles. The van der Waals surface area contributed by atoms with Gasteiger partial charge in [0.05, 0.1) is 15.8 Å². The van der Waals surface area contributed by atoms with Gasteiger partial charge in [0.15, 0.2) is 0 Å². The molecule has 164 valence electrons. The van der Waals surface area contributed by atoms with E-state index in [2.05, 4.69) is 16.4 Å². The number of alkyl halides is 3. The standard InChI is InChI=1S/C22H15ClF3N3O2S/c1-12-2-7-17-18(8-12)32-20(28-17)13-3-5-15(6-4-13)27-19(30)11-29-10-14(22(24,25)26)9-16(23)21(29)31/h2-10H,11H2,1H3,(H,27,30). The highest BCUT2D eigenvalue weighted by atomic mass is 35.5. The highest BCUT2D eigenvalue weighted by Gasteiger charge is 2.32. The van der Waals surface area contributed by atoms with Crippen LogP contribution < -0.4 is 10.9 Å². The first-order valence-electron chi connectivity index (χ1n) is 9.35. The minimum Gasteiger partial charge on any atom is -0.325 e. The van der Waals surface area contributed by atoms with E-state index in [-0.39, 0.29) is 0 Å². The number of anilines is 1. The van der Waals surface area contributed by atoms with Crippen molar-refractivity contribution in [3.05, 3.63) is 81.2 Å². The zero-order valence-electron chi connectivity index (χ0n) is 16.5. The minimum atomic E-state index is -4.69. The molecule has 0 unspecified atom stereocenters. The van der Waals surface area contributed by atoms with Crippen molar-refractivity contribution >= 4 is 44.7 Å². The predicted molar refractivity (Wildman–Crippen MR) is 119 cm³/mol. The molecular weight excluding hydrogens is 463 g/mol. The maximum Gasteiger partial charge on any atom is 0.417 e. The molecule has 0 atom stereocenters. The summed E-state index contributed by atoms with van der Waals surface area (Å²) in [4.78, 5) is 28.9. The number of nitrogens with one attached hydrogen (secondary N) is 1. The van der Waals surface area contributed by atoms with Gasteiger partial charge in [0.2, 0.25) is 5.91 Å².